The van der Waals surface area contributed by atoms with Crippen molar-refractivity contribution in [3.8, 4) is 5.75 Å². The summed E-state index contributed by atoms with van der Waals surface area (Å²) in [5.41, 5.74) is 0. The highest BCUT2D eigenvalue weighted by atomic mass is 35.5. The first-order valence-electron chi connectivity index (χ1n) is 7.80. The third-order valence-electron chi connectivity index (χ3n) is 4.63. The van der Waals surface area contributed by atoms with Gasteiger partial charge in [0.2, 0.25) is 0 Å². The van der Waals surface area contributed by atoms with Crippen LogP contribution < -0.4 is 4.74 Å². The van der Waals surface area contributed by atoms with Crippen LogP contribution in [-0.2, 0) is 0 Å². The molecule has 2 heterocycles. The first kappa shape index (κ1) is 15.7. The van der Waals surface area contributed by atoms with Crippen LogP contribution in [0.2, 0.25) is 0 Å². The maximum atomic E-state index is 5.77. The predicted octanol–water partition coefficient (Wildman–Crippen LogP) is 4.00. The fourth-order valence-electron chi connectivity index (χ4n) is 3.58. The molecule has 0 aromatic heterocycles. The van der Waals surface area contributed by atoms with Crippen LogP contribution in [0.4, 0.5) is 0 Å². The van der Waals surface area contributed by atoms with Crippen LogP contribution >= 0.6 is 12.4 Å². The number of halogens is 1. The molecular formula is C17H26ClNO. The Morgan fingerprint density at radius 1 is 0.950 bits per heavy atom. The minimum Gasteiger partial charge on any atom is -0.494 e. The molecule has 1 aromatic carbocycles. The summed E-state index contributed by atoms with van der Waals surface area (Å²) in [6, 6.07) is 10.2. The van der Waals surface area contributed by atoms with Crippen LogP contribution in [0.15, 0.2) is 30.3 Å². The molecule has 1 saturated carbocycles. The van der Waals surface area contributed by atoms with Crippen LogP contribution in [0.5, 0.6) is 5.75 Å². The maximum Gasteiger partial charge on any atom is 0.119 e. The normalized spacial score (nSPS) is 25.8. The van der Waals surface area contributed by atoms with E-state index >= 15 is 0 Å². The van der Waals surface area contributed by atoms with Crippen LogP contribution in [0.25, 0.3) is 0 Å². The second-order valence-corrected chi connectivity index (χ2v) is 6.16. The van der Waals surface area contributed by atoms with E-state index in [0.29, 0.717) is 0 Å². The SMILES string of the molecule is Cl.c1ccc(OCCCN2CC3CCC(CC3)C2)cc1. The summed E-state index contributed by atoms with van der Waals surface area (Å²) < 4.78 is 5.77. The minimum absolute atomic E-state index is 0. The van der Waals surface area contributed by atoms with Gasteiger partial charge in [0.1, 0.15) is 5.75 Å². The average Bonchev–Trinajstić information content (AvgIpc) is 2.77. The number of fused-ring (bicyclic) bond motifs is 4. The predicted molar refractivity (Wildman–Crippen MR) is 85.7 cm³/mol. The van der Waals surface area contributed by atoms with Crippen LogP contribution in [0.1, 0.15) is 32.1 Å². The molecule has 3 aliphatic rings. The third-order valence-corrected chi connectivity index (χ3v) is 4.63. The Hall–Kier alpha value is -0.730. The molecule has 2 saturated heterocycles. The van der Waals surface area contributed by atoms with Gasteiger partial charge in [-0.15, -0.1) is 12.4 Å². The fraction of sp³-hybridized carbons (Fsp3) is 0.647. The van der Waals surface area contributed by atoms with E-state index in [1.165, 1.54) is 45.3 Å². The van der Waals surface area contributed by atoms with Crippen molar-refractivity contribution in [3.63, 3.8) is 0 Å². The summed E-state index contributed by atoms with van der Waals surface area (Å²) >= 11 is 0. The van der Waals surface area contributed by atoms with E-state index in [2.05, 4.69) is 4.90 Å². The molecule has 20 heavy (non-hydrogen) atoms. The first-order chi connectivity index (χ1) is 9.40. The molecule has 3 heteroatoms. The highest BCUT2D eigenvalue weighted by molar-refractivity contribution is 5.85. The van der Waals surface area contributed by atoms with Crippen molar-refractivity contribution in [1.82, 2.24) is 4.90 Å². The van der Waals surface area contributed by atoms with Crippen molar-refractivity contribution in [2.45, 2.75) is 32.1 Å². The van der Waals surface area contributed by atoms with Gasteiger partial charge in [-0.1, -0.05) is 18.2 Å². The zero-order valence-electron chi connectivity index (χ0n) is 12.2. The molecule has 1 aromatic rings. The fourth-order valence-corrected chi connectivity index (χ4v) is 3.58. The van der Waals surface area contributed by atoms with Crippen molar-refractivity contribution < 1.29 is 4.74 Å². The van der Waals surface area contributed by atoms with Gasteiger partial charge in [-0.2, -0.15) is 0 Å². The van der Waals surface area contributed by atoms with E-state index in [4.69, 9.17) is 4.74 Å². The average molecular weight is 296 g/mol. The Bertz CT molecular complexity index is 362. The summed E-state index contributed by atoms with van der Waals surface area (Å²) in [7, 11) is 0. The van der Waals surface area contributed by atoms with Gasteiger partial charge in [0.05, 0.1) is 6.61 Å². The molecule has 1 aliphatic carbocycles. The molecule has 2 nitrogen and oxygen atoms in total. The molecule has 0 N–H and O–H groups in total. The lowest BCUT2D eigenvalue weighted by Gasteiger charge is -2.22. The van der Waals surface area contributed by atoms with Gasteiger partial charge in [0.25, 0.3) is 0 Å². The van der Waals surface area contributed by atoms with Crippen LogP contribution in [0, 0.1) is 11.8 Å². The summed E-state index contributed by atoms with van der Waals surface area (Å²) in [5, 5.41) is 0. The number of hydrogen-bond acceptors (Lipinski definition) is 2. The van der Waals surface area contributed by atoms with Gasteiger partial charge in [0, 0.05) is 19.6 Å². The van der Waals surface area contributed by atoms with E-state index < -0.39 is 0 Å². The number of ether oxygens (including phenoxy) is 1. The Morgan fingerprint density at radius 3 is 2.15 bits per heavy atom. The van der Waals surface area contributed by atoms with Gasteiger partial charge in [-0.3, -0.25) is 0 Å². The Labute approximate surface area is 128 Å². The largest absolute Gasteiger partial charge is 0.494 e. The summed E-state index contributed by atoms with van der Waals surface area (Å²) in [5.74, 6) is 2.96. The second-order valence-electron chi connectivity index (χ2n) is 6.16. The van der Waals surface area contributed by atoms with E-state index in [1.807, 2.05) is 30.3 Å². The second kappa shape index (κ2) is 7.90. The van der Waals surface area contributed by atoms with E-state index in [1.54, 1.807) is 0 Å². The monoisotopic (exact) mass is 295 g/mol. The zero-order valence-corrected chi connectivity index (χ0v) is 13.0. The molecule has 0 radical (unpaired) electrons. The Morgan fingerprint density at radius 2 is 1.55 bits per heavy atom. The van der Waals surface area contributed by atoms with E-state index in [-0.39, 0.29) is 12.4 Å². The molecular weight excluding hydrogens is 270 g/mol. The number of rotatable bonds is 5. The quantitative estimate of drug-likeness (QED) is 0.761. The number of hydrogen-bond donors (Lipinski definition) is 0. The Balaban J connectivity index is 0.00000147. The van der Waals surface area contributed by atoms with Gasteiger partial charge < -0.3 is 9.64 Å². The van der Waals surface area contributed by atoms with E-state index in [0.717, 1.165) is 30.6 Å². The standard InChI is InChI=1S/C17H25NO.ClH/c1-2-5-17(6-3-1)19-12-4-11-18-13-15-7-8-16(14-18)10-9-15;/h1-3,5-6,15-16H,4,7-14H2;1H. The van der Waals surface area contributed by atoms with Crippen molar-refractivity contribution in [1.29, 1.82) is 0 Å². The van der Waals surface area contributed by atoms with Crippen molar-refractivity contribution in [3.05, 3.63) is 30.3 Å². The lowest BCUT2D eigenvalue weighted by molar-refractivity contribution is 0.221. The molecule has 4 rings (SSSR count). The summed E-state index contributed by atoms with van der Waals surface area (Å²) in [4.78, 5) is 2.68. The molecule has 2 bridgehead atoms. The lowest BCUT2D eigenvalue weighted by Crippen LogP contribution is -2.30. The lowest BCUT2D eigenvalue weighted by atomic mass is 9.84. The van der Waals surface area contributed by atoms with Gasteiger partial charge in [0.15, 0.2) is 0 Å². The zero-order chi connectivity index (χ0) is 12.9. The van der Waals surface area contributed by atoms with Gasteiger partial charge >= 0.3 is 0 Å². The van der Waals surface area contributed by atoms with Crippen LogP contribution in [-0.4, -0.2) is 31.1 Å². The highest BCUT2D eigenvalue weighted by Gasteiger charge is 2.28. The maximum absolute atomic E-state index is 5.77. The summed E-state index contributed by atoms with van der Waals surface area (Å²) in [6.45, 7) is 4.72. The van der Waals surface area contributed by atoms with E-state index in [9.17, 15) is 0 Å². The Kier molecular flexibility index (Phi) is 6.18. The number of benzene rings is 1. The molecule has 0 atom stereocenters. The third kappa shape index (κ3) is 4.39. The first-order valence-corrected chi connectivity index (χ1v) is 7.80. The molecule has 0 unspecified atom stereocenters. The van der Waals surface area contributed by atoms with Gasteiger partial charge in [-0.25, -0.2) is 0 Å². The van der Waals surface area contributed by atoms with Crippen molar-refractivity contribution in [2.24, 2.45) is 11.8 Å². The number of para-hydroxylation sites is 1. The molecule has 112 valence electrons. The minimum atomic E-state index is 0. The van der Waals surface area contributed by atoms with Gasteiger partial charge in [-0.05, 0) is 56.1 Å². The smallest absolute Gasteiger partial charge is 0.119 e. The number of nitrogens with zero attached hydrogens (tertiary/aromatic N) is 1. The van der Waals surface area contributed by atoms with Crippen LogP contribution in [0.3, 0.4) is 0 Å². The topological polar surface area (TPSA) is 12.5 Å². The molecule has 0 spiro atoms. The highest BCUT2D eigenvalue weighted by Crippen LogP contribution is 2.33. The molecule has 2 aliphatic heterocycles. The molecule has 0 amide bonds. The van der Waals surface area contributed by atoms with Crippen molar-refractivity contribution >= 4 is 12.4 Å². The molecule has 3 fully saturated rings. The van der Waals surface area contributed by atoms with Crippen molar-refractivity contribution in [2.75, 3.05) is 26.2 Å². The summed E-state index contributed by atoms with van der Waals surface area (Å²) in [6.07, 6.45) is 7.04.